The molecule has 2 nitrogen and oxygen atoms in total. The lowest BCUT2D eigenvalue weighted by molar-refractivity contribution is 0.188. The number of benzene rings is 1. The lowest BCUT2D eigenvalue weighted by Crippen LogP contribution is -2.43. The number of piperidine rings is 1. The number of hydrogen-bond donors (Lipinski definition) is 1. The first-order valence-electron chi connectivity index (χ1n) is 5.92. The molecule has 1 N–H and O–H groups in total. The number of nitrogens with zero attached hydrogens (tertiary/aromatic N) is 1. The molecule has 0 spiro atoms. The minimum Gasteiger partial charge on any atom is -0.316 e. The molecule has 1 aromatic carbocycles. The van der Waals surface area contributed by atoms with Crippen LogP contribution in [0.3, 0.4) is 0 Å². The van der Waals surface area contributed by atoms with Crippen LogP contribution in [0.25, 0.3) is 0 Å². The van der Waals surface area contributed by atoms with E-state index in [0.29, 0.717) is 6.04 Å². The first-order valence-corrected chi connectivity index (χ1v) is 6.71. The molecule has 1 aliphatic rings. The highest BCUT2D eigenvalue weighted by atomic mass is 79.9. The van der Waals surface area contributed by atoms with Gasteiger partial charge in [-0.1, -0.05) is 28.1 Å². The molecule has 1 atom stereocenters. The van der Waals surface area contributed by atoms with Crippen LogP contribution >= 0.6 is 15.9 Å². The average Bonchev–Trinajstić information content (AvgIpc) is 2.29. The Morgan fingerprint density at radius 2 is 2.38 bits per heavy atom. The molecular weight excluding hydrogens is 264 g/mol. The van der Waals surface area contributed by atoms with E-state index in [1.165, 1.54) is 36.0 Å². The van der Waals surface area contributed by atoms with E-state index in [-0.39, 0.29) is 0 Å². The van der Waals surface area contributed by atoms with Crippen molar-refractivity contribution in [2.75, 3.05) is 20.1 Å². The third kappa shape index (κ3) is 3.30. The summed E-state index contributed by atoms with van der Waals surface area (Å²) in [5, 5.41) is 3.38. The van der Waals surface area contributed by atoms with E-state index in [2.05, 4.69) is 57.5 Å². The van der Waals surface area contributed by atoms with Gasteiger partial charge in [-0.25, -0.2) is 0 Å². The van der Waals surface area contributed by atoms with Crippen molar-refractivity contribution in [3.8, 4) is 0 Å². The van der Waals surface area contributed by atoms with Crippen LogP contribution in [0.1, 0.15) is 18.4 Å². The molecule has 88 valence electrons. The summed E-state index contributed by atoms with van der Waals surface area (Å²) in [6.45, 7) is 3.46. The van der Waals surface area contributed by atoms with Crippen molar-refractivity contribution in [1.82, 2.24) is 10.2 Å². The molecule has 1 unspecified atom stereocenters. The van der Waals surface area contributed by atoms with E-state index in [1.807, 2.05) is 0 Å². The summed E-state index contributed by atoms with van der Waals surface area (Å²) < 4.78 is 1.17. The molecule has 3 heteroatoms. The highest BCUT2D eigenvalue weighted by molar-refractivity contribution is 9.10. The maximum atomic E-state index is 3.52. The molecule has 1 aromatic rings. The van der Waals surface area contributed by atoms with Gasteiger partial charge in [-0.2, -0.15) is 0 Å². The minimum absolute atomic E-state index is 0.668. The summed E-state index contributed by atoms with van der Waals surface area (Å²) in [5.74, 6) is 0. The number of likely N-dealkylation sites (N-methyl/N-ethyl adjacent to an activating group) is 1. The predicted molar refractivity (Wildman–Crippen MR) is 71.5 cm³/mol. The second-order valence-electron chi connectivity index (χ2n) is 4.49. The van der Waals surface area contributed by atoms with Gasteiger partial charge in [0.15, 0.2) is 0 Å². The van der Waals surface area contributed by atoms with Crippen molar-refractivity contribution in [1.29, 1.82) is 0 Å². The standard InChI is InChI=1S/C13H19BrN2/c1-15-13-6-3-7-16(10-13)9-11-4-2-5-12(14)8-11/h2,4-5,8,13,15H,3,6-7,9-10H2,1H3. The summed E-state index contributed by atoms with van der Waals surface area (Å²) in [6, 6.07) is 9.27. The van der Waals surface area contributed by atoms with Crippen molar-refractivity contribution in [3.05, 3.63) is 34.3 Å². The third-order valence-corrected chi connectivity index (χ3v) is 3.70. The Morgan fingerprint density at radius 3 is 3.12 bits per heavy atom. The van der Waals surface area contributed by atoms with Crippen LogP contribution in [0.2, 0.25) is 0 Å². The molecule has 1 saturated heterocycles. The SMILES string of the molecule is CNC1CCCN(Cc2cccc(Br)c2)C1. The van der Waals surface area contributed by atoms with E-state index >= 15 is 0 Å². The fraction of sp³-hybridized carbons (Fsp3) is 0.538. The number of rotatable bonds is 3. The quantitative estimate of drug-likeness (QED) is 0.917. The molecule has 1 heterocycles. The van der Waals surface area contributed by atoms with E-state index in [9.17, 15) is 0 Å². The van der Waals surface area contributed by atoms with Crippen molar-refractivity contribution in [2.45, 2.75) is 25.4 Å². The van der Waals surface area contributed by atoms with Crippen LogP contribution in [0.5, 0.6) is 0 Å². The molecule has 0 bridgehead atoms. The second kappa shape index (κ2) is 5.80. The Bertz CT molecular complexity index is 340. The zero-order valence-electron chi connectivity index (χ0n) is 9.75. The van der Waals surface area contributed by atoms with E-state index in [0.717, 1.165) is 6.54 Å². The summed E-state index contributed by atoms with van der Waals surface area (Å²) >= 11 is 3.52. The van der Waals surface area contributed by atoms with E-state index < -0.39 is 0 Å². The van der Waals surface area contributed by atoms with Crippen molar-refractivity contribution < 1.29 is 0 Å². The largest absolute Gasteiger partial charge is 0.316 e. The Morgan fingerprint density at radius 1 is 1.50 bits per heavy atom. The smallest absolute Gasteiger partial charge is 0.0234 e. The molecule has 0 aromatic heterocycles. The van der Waals surface area contributed by atoms with Gasteiger partial charge in [0.05, 0.1) is 0 Å². The molecule has 1 fully saturated rings. The van der Waals surface area contributed by atoms with Crippen molar-refractivity contribution in [2.24, 2.45) is 0 Å². The molecule has 0 aliphatic carbocycles. The molecule has 1 aliphatic heterocycles. The van der Waals surface area contributed by atoms with Crippen molar-refractivity contribution in [3.63, 3.8) is 0 Å². The fourth-order valence-corrected chi connectivity index (χ4v) is 2.77. The molecule has 0 amide bonds. The van der Waals surface area contributed by atoms with Gasteiger partial charge < -0.3 is 5.32 Å². The summed E-state index contributed by atoms with van der Waals surface area (Å²) in [4.78, 5) is 2.53. The molecule has 16 heavy (non-hydrogen) atoms. The van der Waals surface area contributed by atoms with Crippen LogP contribution < -0.4 is 5.32 Å². The topological polar surface area (TPSA) is 15.3 Å². The van der Waals surface area contributed by atoms with E-state index in [4.69, 9.17) is 0 Å². The monoisotopic (exact) mass is 282 g/mol. The Balaban J connectivity index is 1.94. The molecular formula is C13H19BrN2. The number of halogens is 1. The minimum atomic E-state index is 0.668. The summed E-state index contributed by atoms with van der Waals surface area (Å²) in [5.41, 5.74) is 1.39. The highest BCUT2D eigenvalue weighted by Crippen LogP contribution is 2.16. The van der Waals surface area contributed by atoms with Crippen LogP contribution in [0.4, 0.5) is 0 Å². The second-order valence-corrected chi connectivity index (χ2v) is 5.41. The maximum absolute atomic E-state index is 3.52. The highest BCUT2D eigenvalue weighted by Gasteiger charge is 2.18. The lowest BCUT2D eigenvalue weighted by Gasteiger charge is -2.32. The normalized spacial score (nSPS) is 22.2. The first-order chi connectivity index (χ1) is 7.78. The Hall–Kier alpha value is -0.380. The zero-order valence-corrected chi connectivity index (χ0v) is 11.3. The fourth-order valence-electron chi connectivity index (χ4n) is 2.33. The van der Waals surface area contributed by atoms with Gasteiger partial charge in [0.25, 0.3) is 0 Å². The maximum Gasteiger partial charge on any atom is 0.0234 e. The average molecular weight is 283 g/mol. The number of hydrogen-bond acceptors (Lipinski definition) is 2. The van der Waals surface area contributed by atoms with Gasteiger partial charge in [-0.15, -0.1) is 0 Å². The van der Waals surface area contributed by atoms with Gasteiger partial charge in [-0.3, -0.25) is 4.90 Å². The van der Waals surface area contributed by atoms with Crippen LogP contribution in [0, 0.1) is 0 Å². The first kappa shape index (κ1) is 12.1. The third-order valence-electron chi connectivity index (χ3n) is 3.21. The predicted octanol–water partition coefficient (Wildman–Crippen LogP) is 2.63. The molecule has 0 saturated carbocycles. The molecule has 2 rings (SSSR count). The lowest BCUT2D eigenvalue weighted by atomic mass is 10.1. The Labute approximate surface area is 106 Å². The summed E-state index contributed by atoms with van der Waals surface area (Å²) in [7, 11) is 2.06. The van der Waals surface area contributed by atoms with Gasteiger partial charge >= 0.3 is 0 Å². The Kier molecular flexibility index (Phi) is 4.38. The van der Waals surface area contributed by atoms with Crippen LogP contribution in [-0.2, 0) is 6.54 Å². The van der Waals surface area contributed by atoms with Gasteiger partial charge in [0.2, 0.25) is 0 Å². The molecule has 0 radical (unpaired) electrons. The number of nitrogens with one attached hydrogen (secondary N) is 1. The zero-order chi connectivity index (χ0) is 11.4. The van der Waals surface area contributed by atoms with E-state index in [1.54, 1.807) is 0 Å². The van der Waals surface area contributed by atoms with Gasteiger partial charge in [0, 0.05) is 23.6 Å². The van der Waals surface area contributed by atoms with Crippen LogP contribution in [-0.4, -0.2) is 31.1 Å². The summed E-state index contributed by atoms with van der Waals surface area (Å²) in [6.07, 6.45) is 2.62. The number of likely N-dealkylation sites (tertiary alicyclic amines) is 1. The van der Waals surface area contributed by atoms with Gasteiger partial charge in [0.1, 0.15) is 0 Å². The van der Waals surface area contributed by atoms with Crippen LogP contribution in [0.15, 0.2) is 28.7 Å². The van der Waals surface area contributed by atoms with Gasteiger partial charge in [-0.05, 0) is 44.1 Å². The van der Waals surface area contributed by atoms with Crippen molar-refractivity contribution >= 4 is 15.9 Å².